The van der Waals surface area contributed by atoms with Gasteiger partial charge >= 0.3 is 0 Å². The van der Waals surface area contributed by atoms with Crippen LogP contribution in [0, 0.1) is 0 Å². The number of hydrogen-bond acceptors (Lipinski definition) is 10. The Morgan fingerprint density at radius 1 is 0.615 bits per heavy atom. The number of aromatic nitrogens is 2. The quantitative estimate of drug-likeness (QED) is 0.172. The lowest BCUT2D eigenvalue weighted by molar-refractivity contribution is 0.172. The number of phenols is 2. The molecule has 0 saturated carbocycles. The van der Waals surface area contributed by atoms with E-state index in [-0.39, 0.29) is 11.5 Å². The summed E-state index contributed by atoms with van der Waals surface area (Å²) < 4.78 is 1.84. The number of aromatic hydroxyl groups is 2. The standard InChI is InChI=1S/C40H50Br2N8O2/c1-47-13-7-15-50(30-34-24-36(42)22-32(40(34)52)26-44-28-38-10-4-6-12-46-38)20-18-48(2)14-8-16-49(19-17-47)29-33-23-35(41)21-31(39(33)51)25-43-27-37-9-3-5-11-45-37/h3-6,9-12,21-26,51-52H,7-8,13-20,27-30H2,1-2H3. The number of hydrogen-bond donors (Lipinski definition) is 2. The molecule has 5 rings (SSSR count). The lowest BCUT2D eigenvalue weighted by Crippen LogP contribution is -2.39. The highest BCUT2D eigenvalue weighted by Gasteiger charge is 2.17. The topological polar surface area (TPSA) is 104 Å². The summed E-state index contributed by atoms with van der Waals surface area (Å²) in [5.74, 6) is 0.552. The number of aliphatic imine (C=N–C) groups is 2. The van der Waals surface area contributed by atoms with Crippen molar-refractivity contribution >= 4 is 44.3 Å². The summed E-state index contributed by atoms with van der Waals surface area (Å²) in [6.45, 7) is 9.67. The summed E-state index contributed by atoms with van der Waals surface area (Å²) >= 11 is 7.32. The highest BCUT2D eigenvalue weighted by Crippen LogP contribution is 2.29. The zero-order chi connectivity index (χ0) is 36.7. The number of phenolic OH excluding ortho intramolecular Hbond substituents is 2. The summed E-state index contributed by atoms with van der Waals surface area (Å²) in [5.41, 5.74) is 4.95. The van der Waals surface area contributed by atoms with Crippen molar-refractivity contribution in [1.82, 2.24) is 29.6 Å². The van der Waals surface area contributed by atoms with Gasteiger partial charge in [0.1, 0.15) is 11.5 Å². The Kier molecular flexibility index (Phi) is 15.8. The molecule has 52 heavy (non-hydrogen) atoms. The molecule has 0 unspecified atom stereocenters. The molecule has 0 bridgehead atoms. The second-order valence-corrected chi connectivity index (χ2v) is 15.3. The van der Waals surface area contributed by atoms with Crippen LogP contribution in [-0.4, -0.2) is 119 Å². The molecule has 2 N–H and O–H groups in total. The maximum Gasteiger partial charge on any atom is 0.128 e. The zero-order valence-electron chi connectivity index (χ0n) is 30.2. The van der Waals surface area contributed by atoms with Crippen molar-refractivity contribution in [3.63, 3.8) is 0 Å². The Balaban J connectivity index is 1.19. The number of benzene rings is 2. The van der Waals surface area contributed by atoms with Crippen molar-refractivity contribution in [1.29, 1.82) is 0 Å². The molecule has 2 aromatic carbocycles. The minimum atomic E-state index is 0.276. The third kappa shape index (κ3) is 12.9. The summed E-state index contributed by atoms with van der Waals surface area (Å²) in [6.07, 6.45) is 9.04. The highest BCUT2D eigenvalue weighted by molar-refractivity contribution is 9.10. The minimum Gasteiger partial charge on any atom is -0.507 e. The largest absolute Gasteiger partial charge is 0.507 e. The van der Waals surface area contributed by atoms with E-state index in [1.165, 1.54) is 0 Å². The van der Waals surface area contributed by atoms with Crippen molar-refractivity contribution in [3.05, 3.63) is 116 Å². The van der Waals surface area contributed by atoms with E-state index in [1.54, 1.807) is 24.8 Å². The molecule has 3 heterocycles. The molecule has 0 atom stereocenters. The Hall–Kier alpha value is -3.52. The predicted octanol–water partition coefficient (Wildman–Crippen LogP) is 6.61. The number of rotatable bonds is 10. The number of pyridine rings is 2. The first-order chi connectivity index (χ1) is 25.2. The number of halogens is 2. The molecule has 10 nitrogen and oxygen atoms in total. The third-order valence-electron chi connectivity index (χ3n) is 9.20. The van der Waals surface area contributed by atoms with E-state index < -0.39 is 0 Å². The fourth-order valence-electron chi connectivity index (χ4n) is 6.25. The molecule has 2 aromatic heterocycles. The lowest BCUT2D eigenvalue weighted by Gasteiger charge is -2.30. The highest BCUT2D eigenvalue weighted by atomic mass is 79.9. The van der Waals surface area contributed by atoms with E-state index in [2.05, 4.69) is 85.5 Å². The van der Waals surface area contributed by atoms with E-state index in [1.807, 2.05) is 60.7 Å². The van der Waals surface area contributed by atoms with Crippen LogP contribution in [-0.2, 0) is 26.2 Å². The van der Waals surface area contributed by atoms with Gasteiger partial charge in [0.25, 0.3) is 0 Å². The van der Waals surface area contributed by atoms with Crippen molar-refractivity contribution in [2.75, 3.05) is 66.5 Å². The number of nitrogens with zero attached hydrogens (tertiary/aromatic N) is 8. The van der Waals surface area contributed by atoms with Gasteiger partial charge in [-0.25, -0.2) is 0 Å². The van der Waals surface area contributed by atoms with E-state index in [9.17, 15) is 10.2 Å². The normalized spacial score (nSPS) is 16.8. The molecule has 276 valence electrons. The van der Waals surface area contributed by atoms with Crippen LogP contribution in [0.25, 0.3) is 0 Å². The van der Waals surface area contributed by atoms with Crippen molar-refractivity contribution in [2.24, 2.45) is 9.98 Å². The van der Waals surface area contributed by atoms with Gasteiger partial charge in [-0.1, -0.05) is 44.0 Å². The predicted molar refractivity (Wildman–Crippen MR) is 217 cm³/mol. The van der Waals surface area contributed by atoms with E-state index in [4.69, 9.17) is 0 Å². The SMILES string of the molecule is CN1CCCN(Cc2cc(Br)cc(C=NCc3ccccn3)c2O)CCN(C)CCCN(Cc2cc(Br)cc(C=NCc3ccccn3)c2O)CC1. The van der Waals surface area contributed by atoms with Crippen LogP contribution in [0.4, 0.5) is 0 Å². The van der Waals surface area contributed by atoms with E-state index in [0.717, 1.165) is 96.7 Å². The Bertz CT molecular complexity index is 1630. The lowest BCUT2D eigenvalue weighted by atomic mass is 10.1. The summed E-state index contributed by atoms with van der Waals surface area (Å²) in [7, 11) is 4.37. The van der Waals surface area contributed by atoms with E-state index in [0.29, 0.717) is 37.3 Å². The van der Waals surface area contributed by atoms with Gasteiger partial charge in [0, 0.05) is 95.3 Å². The van der Waals surface area contributed by atoms with Gasteiger partial charge < -0.3 is 20.0 Å². The van der Waals surface area contributed by atoms with Crippen molar-refractivity contribution < 1.29 is 10.2 Å². The molecule has 1 fully saturated rings. The molecule has 0 spiro atoms. The molecule has 0 aliphatic carbocycles. The first kappa shape index (κ1) is 39.7. The van der Waals surface area contributed by atoms with Crippen LogP contribution in [0.3, 0.4) is 0 Å². The second kappa shape index (κ2) is 20.6. The van der Waals surface area contributed by atoms with Crippen LogP contribution in [0.2, 0.25) is 0 Å². The molecular formula is C40H50Br2N8O2. The maximum absolute atomic E-state index is 11.3. The first-order valence-electron chi connectivity index (χ1n) is 17.9. The minimum absolute atomic E-state index is 0.276. The third-order valence-corrected chi connectivity index (χ3v) is 10.1. The fraction of sp³-hybridized carbons (Fsp3) is 0.400. The summed E-state index contributed by atoms with van der Waals surface area (Å²) in [6, 6.07) is 19.4. The van der Waals surface area contributed by atoms with Gasteiger partial charge in [0.15, 0.2) is 0 Å². The van der Waals surface area contributed by atoms with Gasteiger partial charge in [-0.15, -0.1) is 0 Å². The molecule has 4 aromatic rings. The fourth-order valence-corrected chi connectivity index (χ4v) is 7.30. The van der Waals surface area contributed by atoms with Gasteiger partial charge in [-0.2, -0.15) is 0 Å². The van der Waals surface area contributed by atoms with Gasteiger partial charge in [0.2, 0.25) is 0 Å². The number of likely N-dealkylation sites (N-methyl/N-ethyl adjacent to an activating group) is 2. The molecule has 0 amide bonds. The van der Waals surface area contributed by atoms with Crippen LogP contribution in [0.15, 0.2) is 92.0 Å². The van der Waals surface area contributed by atoms with Crippen LogP contribution >= 0.6 is 31.9 Å². The van der Waals surface area contributed by atoms with Gasteiger partial charge in [-0.3, -0.25) is 29.8 Å². The Morgan fingerprint density at radius 2 is 1.06 bits per heavy atom. The Labute approximate surface area is 325 Å². The molecule has 12 heteroatoms. The maximum atomic E-state index is 11.3. The van der Waals surface area contributed by atoms with E-state index >= 15 is 0 Å². The van der Waals surface area contributed by atoms with Gasteiger partial charge in [-0.05, 0) is 102 Å². The first-order valence-corrected chi connectivity index (χ1v) is 19.5. The molecule has 1 aliphatic rings. The Morgan fingerprint density at radius 3 is 1.46 bits per heavy atom. The molecule has 1 saturated heterocycles. The second-order valence-electron chi connectivity index (χ2n) is 13.5. The smallest absolute Gasteiger partial charge is 0.128 e. The van der Waals surface area contributed by atoms with Crippen LogP contribution < -0.4 is 0 Å². The average molecular weight is 835 g/mol. The van der Waals surface area contributed by atoms with Crippen molar-refractivity contribution in [2.45, 2.75) is 39.0 Å². The molecule has 1 aliphatic heterocycles. The summed E-state index contributed by atoms with van der Waals surface area (Å²) in [4.78, 5) is 27.5. The molecule has 0 radical (unpaired) electrons. The summed E-state index contributed by atoms with van der Waals surface area (Å²) in [5, 5.41) is 22.5. The molecular weight excluding hydrogens is 784 g/mol. The monoisotopic (exact) mass is 832 g/mol. The van der Waals surface area contributed by atoms with Crippen LogP contribution in [0.5, 0.6) is 11.5 Å². The van der Waals surface area contributed by atoms with Crippen LogP contribution in [0.1, 0.15) is 46.5 Å². The van der Waals surface area contributed by atoms with Gasteiger partial charge in [0.05, 0.1) is 24.5 Å². The zero-order valence-corrected chi connectivity index (χ0v) is 33.4. The average Bonchev–Trinajstić information content (AvgIpc) is 3.13. The van der Waals surface area contributed by atoms with Crippen molar-refractivity contribution in [3.8, 4) is 11.5 Å².